The van der Waals surface area contributed by atoms with E-state index in [9.17, 15) is 0 Å². The molecule has 0 saturated carbocycles. The highest BCUT2D eigenvalue weighted by Gasteiger charge is 2.01. The van der Waals surface area contributed by atoms with E-state index < -0.39 is 0 Å². The highest BCUT2D eigenvalue weighted by molar-refractivity contribution is 6.29. The molecule has 1 N–H and O–H groups in total. The van der Waals surface area contributed by atoms with E-state index in [4.69, 9.17) is 16.3 Å². The van der Waals surface area contributed by atoms with Crippen LogP contribution >= 0.6 is 11.6 Å². The third-order valence-corrected chi connectivity index (χ3v) is 3.10. The highest BCUT2D eigenvalue weighted by atomic mass is 35.5. The van der Waals surface area contributed by atoms with Gasteiger partial charge in [0.15, 0.2) is 0 Å². The number of benzene rings is 1. The Morgan fingerprint density at radius 3 is 2.79 bits per heavy atom. The van der Waals surface area contributed by atoms with Crippen LogP contribution in [0.1, 0.15) is 11.1 Å². The van der Waals surface area contributed by atoms with Crippen molar-refractivity contribution in [3.63, 3.8) is 0 Å². The number of pyridine rings is 1. The first-order chi connectivity index (χ1) is 9.29. The van der Waals surface area contributed by atoms with Crippen molar-refractivity contribution >= 4 is 11.6 Å². The van der Waals surface area contributed by atoms with Gasteiger partial charge in [-0.3, -0.25) is 0 Å². The Bertz CT molecular complexity index is 514. The Morgan fingerprint density at radius 2 is 2.05 bits per heavy atom. The number of halogens is 1. The largest absolute Gasteiger partial charge is 0.496 e. The van der Waals surface area contributed by atoms with Crippen molar-refractivity contribution in [3.8, 4) is 5.75 Å². The maximum Gasteiger partial charge on any atom is 0.129 e. The first kappa shape index (κ1) is 13.8. The molecular weight excluding hydrogens is 260 g/mol. The summed E-state index contributed by atoms with van der Waals surface area (Å²) in [6.45, 7) is 1.68. The topological polar surface area (TPSA) is 34.1 Å². The molecule has 0 aliphatic carbocycles. The Balaban J connectivity index is 1.79. The van der Waals surface area contributed by atoms with Crippen molar-refractivity contribution in [2.45, 2.75) is 13.0 Å². The van der Waals surface area contributed by atoms with Crippen molar-refractivity contribution in [1.29, 1.82) is 0 Å². The van der Waals surface area contributed by atoms with Gasteiger partial charge in [-0.1, -0.05) is 35.9 Å². The third-order valence-electron chi connectivity index (χ3n) is 2.88. The molecule has 2 aromatic rings. The van der Waals surface area contributed by atoms with Gasteiger partial charge in [0.1, 0.15) is 10.9 Å². The van der Waals surface area contributed by atoms with Crippen LogP contribution in [0.4, 0.5) is 0 Å². The summed E-state index contributed by atoms with van der Waals surface area (Å²) in [5, 5.41) is 3.91. The summed E-state index contributed by atoms with van der Waals surface area (Å²) in [6, 6.07) is 11.9. The van der Waals surface area contributed by atoms with E-state index in [1.165, 1.54) is 5.56 Å². The number of hydrogen-bond donors (Lipinski definition) is 1. The molecule has 0 atom stereocenters. The summed E-state index contributed by atoms with van der Waals surface area (Å²) < 4.78 is 5.32. The molecule has 0 bridgehead atoms. The first-order valence-electron chi connectivity index (χ1n) is 6.22. The number of aromatic nitrogens is 1. The molecule has 100 valence electrons. The molecule has 1 aromatic heterocycles. The lowest BCUT2D eigenvalue weighted by Gasteiger charge is -2.09. The van der Waals surface area contributed by atoms with Gasteiger partial charge in [0.2, 0.25) is 0 Å². The van der Waals surface area contributed by atoms with Crippen LogP contribution in [0.15, 0.2) is 42.6 Å². The van der Waals surface area contributed by atoms with E-state index in [2.05, 4.69) is 16.4 Å². The smallest absolute Gasteiger partial charge is 0.129 e. The summed E-state index contributed by atoms with van der Waals surface area (Å²) in [5.41, 5.74) is 2.34. The minimum atomic E-state index is 0.526. The van der Waals surface area contributed by atoms with Gasteiger partial charge >= 0.3 is 0 Å². The predicted molar refractivity (Wildman–Crippen MR) is 77.7 cm³/mol. The predicted octanol–water partition coefficient (Wildman–Crippen LogP) is 3.08. The average molecular weight is 277 g/mol. The second kappa shape index (κ2) is 7.12. The van der Waals surface area contributed by atoms with Gasteiger partial charge in [0.05, 0.1) is 7.11 Å². The van der Waals surface area contributed by atoms with Crippen molar-refractivity contribution in [2.24, 2.45) is 0 Å². The second-order valence-electron chi connectivity index (χ2n) is 4.23. The van der Waals surface area contributed by atoms with Crippen LogP contribution in [0.5, 0.6) is 5.75 Å². The number of ether oxygens (including phenoxy) is 1. The molecule has 0 aliphatic rings. The van der Waals surface area contributed by atoms with Gasteiger partial charge in [0, 0.05) is 12.7 Å². The van der Waals surface area contributed by atoms with Crippen LogP contribution in [0, 0.1) is 0 Å². The Hall–Kier alpha value is -1.58. The summed E-state index contributed by atoms with van der Waals surface area (Å²) in [4.78, 5) is 4.05. The fourth-order valence-corrected chi connectivity index (χ4v) is 1.99. The number of rotatable bonds is 6. The summed E-state index contributed by atoms with van der Waals surface area (Å²) in [5.74, 6) is 0.942. The van der Waals surface area contributed by atoms with Crippen molar-refractivity contribution in [1.82, 2.24) is 10.3 Å². The SMILES string of the molecule is COc1ccccc1CCNCc1ccc(Cl)nc1. The van der Waals surface area contributed by atoms with Gasteiger partial charge < -0.3 is 10.1 Å². The average Bonchev–Trinajstić information content (AvgIpc) is 2.46. The van der Waals surface area contributed by atoms with Crippen LogP contribution in [0.25, 0.3) is 0 Å². The molecule has 19 heavy (non-hydrogen) atoms. The number of nitrogens with zero attached hydrogens (tertiary/aromatic N) is 1. The lowest BCUT2D eigenvalue weighted by molar-refractivity contribution is 0.409. The van der Waals surface area contributed by atoms with E-state index in [1.807, 2.05) is 24.3 Å². The zero-order valence-corrected chi connectivity index (χ0v) is 11.7. The lowest BCUT2D eigenvalue weighted by Crippen LogP contribution is -2.17. The Labute approximate surface area is 118 Å². The van der Waals surface area contributed by atoms with Crippen LogP contribution in [-0.4, -0.2) is 18.6 Å². The molecule has 4 heteroatoms. The minimum Gasteiger partial charge on any atom is -0.496 e. The lowest BCUT2D eigenvalue weighted by atomic mass is 10.1. The number of hydrogen-bond acceptors (Lipinski definition) is 3. The van der Waals surface area contributed by atoms with Gasteiger partial charge in [-0.15, -0.1) is 0 Å². The molecule has 0 fully saturated rings. The molecule has 1 heterocycles. The van der Waals surface area contributed by atoms with Crippen LogP contribution < -0.4 is 10.1 Å². The Kier molecular flexibility index (Phi) is 5.19. The van der Waals surface area contributed by atoms with Crippen molar-refractivity contribution in [2.75, 3.05) is 13.7 Å². The second-order valence-corrected chi connectivity index (χ2v) is 4.62. The number of nitrogens with one attached hydrogen (secondary N) is 1. The fourth-order valence-electron chi connectivity index (χ4n) is 1.88. The van der Waals surface area contributed by atoms with E-state index in [0.717, 1.165) is 30.8 Å². The van der Waals surface area contributed by atoms with Crippen LogP contribution in [-0.2, 0) is 13.0 Å². The minimum absolute atomic E-state index is 0.526. The van der Waals surface area contributed by atoms with Crippen molar-refractivity contribution in [3.05, 3.63) is 58.9 Å². The van der Waals surface area contributed by atoms with E-state index >= 15 is 0 Å². The molecule has 0 aliphatic heterocycles. The van der Waals surface area contributed by atoms with Crippen LogP contribution in [0.2, 0.25) is 5.15 Å². The Morgan fingerprint density at radius 1 is 1.21 bits per heavy atom. The van der Waals surface area contributed by atoms with E-state index in [1.54, 1.807) is 19.4 Å². The molecule has 0 radical (unpaired) electrons. The van der Waals surface area contributed by atoms with Crippen molar-refractivity contribution < 1.29 is 4.74 Å². The molecular formula is C15H17ClN2O. The molecule has 0 unspecified atom stereocenters. The molecule has 3 nitrogen and oxygen atoms in total. The maximum absolute atomic E-state index is 5.74. The maximum atomic E-state index is 5.74. The number of para-hydroxylation sites is 1. The first-order valence-corrected chi connectivity index (χ1v) is 6.60. The van der Waals surface area contributed by atoms with E-state index in [-0.39, 0.29) is 0 Å². The fraction of sp³-hybridized carbons (Fsp3) is 0.267. The monoisotopic (exact) mass is 276 g/mol. The number of methoxy groups -OCH3 is 1. The zero-order chi connectivity index (χ0) is 13.5. The van der Waals surface area contributed by atoms with Crippen LogP contribution in [0.3, 0.4) is 0 Å². The van der Waals surface area contributed by atoms with E-state index in [0.29, 0.717) is 5.15 Å². The highest BCUT2D eigenvalue weighted by Crippen LogP contribution is 2.17. The standard InChI is InChI=1S/C15H17ClN2O/c1-19-14-5-3-2-4-13(14)8-9-17-10-12-6-7-15(16)18-11-12/h2-7,11,17H,8-10H2,1H3. The quantitative estimate of drug-likeness (QED) is 0.650. The molecule has 0 saturated heterocycles. The van der Waals surface area contributed by atoms with Gasteiger partial charge in [-0.25, -0.2) is 4.98 Å². The molecule has 0 amide bonds. The normalized spacial score (nSPS) is 10.4. The molecule has 1 aromatic carbocycles. The molecule has 2 rings (SSSR count). The summed E-state index contributed by atoms with van der Waals surface area (Å²) >= 11 is 5.74. The third kappa shape index (κ3) is 4.23. The van der Waals surface area contributed by atoms with Gasteiger partial charge in [-0.2, -0.15) is 0 Å². The molecule has 0 spiro atoms. The van der Waals surface area contributed by atoms with Gasteiger partial charge in [-0.05, 0) is 36.2 Å². The van der Waals surface area contributed by atoms with Gasteiger partial charge in [0.25, 0.3) is 0 Å². The summed E-state index contributed by atoms with van der Waals surface area (Å²) in [6.07, 6.45) is 2.73. The summed E-state index contributed by atoms with van der Waals surface area (Å²) in [7, 11) is 1.70. The zero-order valence-electron chi connectivity index (χ0n) is 10.9.